The van der Waals surface area contributed by atoms with Crippen LogP contribution in [0, 0.1) is 17.0 Å². The number of aromatic hydroxyl groups is 1. The number of hydrogen-bond donors (Lipinski definition) is 2. The van der Waals surface area contributed by atoms with Gasteiger partial charge in [-0.1, -0.05) is 29.0 Å². The average Bonchev–Trinajstić information content (AvgIpc) is 3.18. The highest BCUT2D eigenvalue weighted by molar-refractivity contribution is 7.93. The summed E-state index contributed by atoms with van der Waals surface area (Å²) in [5.74, 6) is -1.29. The van der Waals surface area contributed by atoms with E-state index in [1.54, 1.807) is 12.1 Å². The van der Waals surface area contributed by atoms with Gasteiger partial charge in [-0.15, -0.1) is 0 Å². The highest BCUT2D eigenvalue weighted by atomic mass is 32.2. The van der Waals surface area contributed by atoms with E-state index in [0.29, 0.717) is 0 Å². The number of fused-ring (bicyclic) bond motifs is 1. The molecule has 1 aromatic heterocycles. The van der Waals surface area contributed by atoms with Crippen LogP contribution in [0.3, 0.4) is 0 Å². The number of amides is 1. The molecule has 1 amide bonds. The Balaban J connectivity index is 1.78. The van der Waals surface area contributed by atoms with Gasteiger partial charge in [0, 0.05) is 17.4 Å². The summed E-state index contributed by atoms with van der Waals surface area (Å²) in [7, 11) is -3.97. The highest BCUT2D eigenvalue weighted by Gasteiger charge is 2.27. The minimum Gasteiger partial charge on any atom is -0.492 e. The molecule has 152 valence electrons. The topological polar surface area (TPSA) is 152 Å². The van der Waals surface area contributed by atoms with Crippen molar-refractivity contribution < 1.29 is 23.2 Å². The lowest BCUT2D eigenvalue weighted by molar-refractivity contribution is -0.385. The molecule has 0 saturated carbocycles. The number of carbonyl (C=O) groups excluding carboxylic acids is 1. The molecular formula is C18H12N4O6S2. The van der Waals surface area contributed by atoms with Crippen molar-refractivity contribution in [3.63, 3.8) is 0 Å². The van der Waals surface area contributed by atoms with E-state index in [1.165, 1.54) is 30.3 Å². The van der Waals surface area contributed by atoms with Crippen LogP contribution in [0.15, 0.2) is 52.4 Å². The molecule has 0 saturated heterocycles. The van der Waals surface area contributed by atoms with Crippen molar-refractivity contribution in [1.82, 2.24) is 4.98 Å². The number of non-ortho nitro benzene ring substituents is 1. The van der Waals surface area contributed by atoms with E-state index in [4.69, 9.17) is 0 Å². The molecule has 1 aliphatic heterocycles. The van der Waals surface area contributed by atoms with E-state index in [0.717, 1.165) is 16.9 Å². The Labute approximate surface area is 173 Å². The van der Waals surface area contributed by atoms with Crippen molar-refractivity contribution in [2.45, 2.75) is 11.8 Å². The molecule has 0 spiro atoms. The largest absolute Gasteiger partial charge is 0.492 e. The third-order valence-electron chi connectivity index (χ3n) is 4.29. The predicted octanol–water partition coefficient (Wildman–Crippen LogP) is 1.22. The monoisotopic (exact) mass is 444 g/mol. The third kappa shape index (κ3) is 3.42. The Morgan fingerprint density at radius 1 is 1.17 bits per heavy atom. The maximum absolute atomic E-state index is 12.5. The molecule has 0 radical (unpaired) electrons. The first-order valence-electron chi connectivity index (χ1n) is 8.37. The van der Waals surface area contributed by atoms with E-state index in [2.05, 4.69) is 14.7 Å². The fourth-order valence-corrected chi connectivity index (χ4v) is 4.99. The van der Waals surface area contributed by atoms with Gasteiger partial charge in [0.05, 0.1) is 20.7 Å². The number of anilines is 1. The van der Waals surface area contributed by atoms with E-state index in [9.17, 15) is 28.4 Å². The van der Waals surface area contributed by atoms with Gasteiger partial charge >= 0.3 is 0 Å². The van der Waals surface area contributed by atoms with Gasteiger partial charge in [0.25, 0.3) is 21.6 Å². The minimum atomic E-state index is -3.97. The summed E-state index contributed by atoms with van der Waals surface area (Å²) in [4.78, 5) is 30.4. The van der Waals surface area contributed by atoms with Crippen LogP contribution in [0.2, 0.25) is 0 Å². The Kier molecular flexibility index (Phi) is 4.59. The van der Waals surface area contributed by atoms with Crippen molar-refractivity contribution in [2.75, 3.05) is 4.72 Å². The maximum Gasteiger partial charge on any atom is 0.279 e. The van der Waals surface area contributed by atoms with Crippen molar-refractivity contribution in [1.29, 1.82) is 0 Å². The van der Waals surface area contributed by atoms with Crippen molar-refractivity contribution >= 4 is 43.7 Å². The molecule has 2 heterocycles. The van der Waals surface area contributed by atoms with Crippen molar-refractivity contribution in [3.05, 3.63) is 73.6 Å². The molecule has 1 aliphatic rings. The standard InChI is InChI=1S/C18H12N4O6S2/c1-9-2-5-11(6-3-9)30(27,28)21-18-20-17(24)15(29-18)14-12-8-10(22(25)26)4-7-13(12)19-16(14)23/h2-8,24H,1H3,(H,20,21). The molecule has 0 unspecified atom stereocenters. The summed E-state index contributed by atoms with van der Waals surface area (Å²) in [6, 6.07) is 9.85. The lowest BCUT2D eigenvalue weighted by Crippen LogP contribution is -2.23. The number of aryl methyl sites for hydroxylation is 1. The Hall–Kier alpha value is -3.64. The van der Waals surface area contributed by atoms with Gasteiger partial charge in [-0.05, 0) is 25.1 Å². The zero-order valence-corrected chi connectivity index (χ0v) is 16.8. The number of nitrogens with zero attached hydrogens (tertiary/aromatic N) is 3. The van der Waals surface area contributed by atoms with Crippen LogP contribution in [0.4, 0.5) is 10.8 Å². The second-order valence-corrected chi connectivity index (χ2v) is 9.02. The molecule has 12 heteroatoms. The molecule has 30 heavy (non-hydrogen) atoms. The summed E-state index contributed by atoms with van der Waals surface area (Å²) < 4.78 is 27.4. The third-order valence-corrected chi connectivity index (χ3v) is 6.75. The summed E-state index contributed by atoms with van der Waals surface area (Å²) in [5.41, 5.74) is 0.556. The van der Waals surface area contributed by atoms with Gasteiger partial charge in [0.2, 0.25) is 11.0 Å². The second-order valence-electron chi connectivity index (χ2n) is 6.34. The highest BCUT2D eigenvalue weighted by Crippen LogP contribution is 2.35. The number of rotatable bonds is 5. The Morgan fingerprint density at radius 2 is 1.87 bits per heavy atom. The second kappa shape index (κ2) is 7.00. The number of sulfonamides is 1. The zero-order valence-electron chi connectivity index (χ0n) is 15.2. The molecule has 0 bridgehead atoms. The summed E-state index contributed by atoms with van der Waals surface area (Å²) in [6.07, 6.45) is 0. The number of nitro benzene ring substituents is 1. The van der Waals surface area contributed by atoms with Crippen LogP contribution in [0.1, 0.15) is 10.4 Å². The van der Waals surface area contributed by atoms with Crippen LogP contribution in [-0.2, 0) is 14.8 Å². The smallest absolute Gasteiger partial charge is 0.279 e. The van der Waals surface area contributed by atoms with Crippen LogP contribution in [0.5, 0.6) is 5.88 Å². The first-order valence-corrected chi connectivity index (χ1v) is 10.7. The van der Waals surface area contributed by atoms with E-state index < -0.39 is 26.7 Å². The Morgan fingerprint density at radius 3 is 2.53 bits per heavy atom. The van der Waals surface area contributed by atoms with Crippen molar-refractivity contribution in [3.8, 4) is 5.88 Å². The molecule has 2 N–H and O–H groups in total. The zero-order chi connectivity index (χ0) is 21.6. The van der Waals surface area contributed by atoms with Gasteiger partial charge in [-0.3, -0.25) is 19.6 Å². The minimum absolute atomic E-state index is 0.00454. The Bertz CT molecular complexity index is 1440. The van der Waals surface area contributed by atoms with Crippen molar-refractivity contribution in [2.24, 2.45) is 4.99 Å². The number of nitrogens with one attached hydrogen (secondary N) is 1. The average molecular weight is 444 g/mol. The van der Waals surface area contributed by atoms with E-state index >= 15 is 0 Å². The maximum atomic E-state index is 12.5. The first kappa shape index (κ1) is 19.7. The quantitative estimate of drug-likeness (QED) is 0.443. The van der Waals surface area contributed by atoms with Crippen LogP contribution < -0.4 is 15.3 Å². The van der Waals surface area contributed by atoms with Crippen LogP contribution >= 0.6 is 11.3 Å². The normalized spacial score (nSPS) is 13.1. The fourth-order valence-electron chi connectivity index (χ4n) is 2.85. The number of hydrogen-bond acceptors (Lipinski definition) is 8. The molecule has 2 aromatic carbocycles. The lowest BCUT2D eigenvalue weighted by atomic mass is 10.1. The molecule has 4 rings (SSSR count). The predicted molar refractivity (Wildman–Crippen MR) is 107 cm³/mol. The molecule has 10 nitrogen and oxygen atoms in total. The number of carbonyl (C=O) groups is 1. The van der Waals surface area contributed by atoms with E-state index in [-0.39, 0.29) is 36.7 Å². The van der Waals surface area contributed by atoms with Crippen LogP contribution in [0.25, 0.3) is 5.57 Å². The van der Waals surface area contributed by atoms with Gasteiger partial charge in [-0.2, -0.15) is 4.98 Å². The molecular weight excluding hydrogens is 432 g/mol. The molecule has 3 aromatic rings. The lowest BCUT2D eigenvalue weighted by Gasteiger charge is -2.05. The van der Waals surface area contributed by atoms with Crippen LogP contribution in [-0.4, -0.2) is 29.3 Å². The first-order chi connectivity index (χ1) is 14.2. The summed E-state index contributed by atoms with van der Waals surface area (Å²) in [5, 5.41) is 21.5. The number of aromatic nitrogens is 1. The number of thiazole rings is 1. The SMILES string of the molecule is Cc1ccc(S(=O)(=O)Nc2nc(O)c(C3=c4cc([N+](=O)[O-])ccc4=NC3=O)s2)cc1. The number of benzene rings is 2. The molecule has 0 aliphatic carbocycles. The number of nitro groups is 1. The van der Waals surface area contributed by atoms with Gasteiger partial charge in [-0.25, -0.2) is 13.4 Å². The van der Waals surface area contributed by atoms with Gasteiger partial charge in [0.1, 0.15) is 4.88 Å². The molecule has 0 atom stereocenters. The fraction of sp³-hybridized carbons (Fsp3) is 0.0556. The molecule has 0 fully saturated rings. The van der Waals surface area contributed by atoms with Gasteiger partial charge in [0.15, 0.2) is 0 Å². The summed E-state index contributed by atoms with van der Waals surface area (Å²) in [6.45, 7) is 1.82. The van der Waals surface area contributed by atoms with E-state index in [1.807, 2.05) is 6.92 Å². The summed E-state index contributed by atoms with van der Waals surface area (Å²) >= 11 is 0.724. The van der Waals surface area contributed by atoms with Gasteiger partial charge < -0.3 is 5.11 Å².